The number of amides is 1. The molecule has 0 spiro atoms. The van der Waals surface area contributed by atoms with Crippen molar-refractivity contribution in [2.45, 2.75) is 51.9 Å². The van der Waals surface area contributed by atoms with Crippen LogP contribution >= 0.6 is 11.6 Å². The van der Waals surface area contributed by atoms with Crippen molar-refractivity contribution in [3.05, 3.63) is 46.7 Å². The third-order valence-electron chi connectivity index (χ3n) is 6.13. The van der Waals surface area contributed by atoms with Crippen molar-refractivity contribution >= 4 is 35.0 Å². The standard InChI is InChI=1S/C26H34ClN3O4/c1-3-28-24-23(26(33)30(2)14-5-15-31)13-10-19(16-18-8-11-20(27)12-9-18)25(29-24)34-22-7-4-6-21(32)17-22/h8-9,11-12,17,19,23,31H,3-7,10,13-16H2,1-2H3. The molecule has 8 heteroatoms. The van der Waals surface area contributed by atoms with E-state index in [9.17, 15) is 9.59 Å². The van der Waals surface area contributed by atoms with Crippen LogP contribution in [0.5, 0.6) is 0 Å². The average molecular weight is 488 g/mol. The Bertz CT molecular complexity index is 955. The molecule has 1 amide bonds. The number of carbonyl (C=O) groups excluding carboxylic acids is 2. The first-order chi connectivity index (χ1) is 16.4. The fourth-order valence-electron chi connectivity index (χ4n) is 4.30. The molecule has 1 aromatic rings. The highest BCUT2D eigenvalue weighted by atomic mass is 35.5. The van der Waals surface area contributed by atoms with Gasteiger partial charge in [-0.25, -0.2) is 4.99 Å². The topological polar surface area (TPSA) is 91.6 Å². The van der Waals surface area contributed by atoms with E-state index in [2.05, 4.69) is 4.99 Å². The molecular formula is C26H34ClN3O4. The Kier molecular flexibility index (Phi) is 9.84. The van der Waals surface area contributed by atoms with E-state index in [1.54, 1.807) is 18.0 Å². The van der Waals surface area contributed by atoms with E-state index in [1.165, 1.54) is 0 Å². The zero-order valence-electron chi connectivity index (χ0n) is 20.0. The molecule has 2 aliphatic rings. The van der Waals surface area contributed by atoms with Gasteiger partial charge in [0.2, 0.25) is 5.91 Å². The van der Waals surface area contributed by atoms with Gasteiger partial charge in [-0.1, -0.05) is 23.7 Å². The lowest BCUT2D eigenvalue weighted by Crippen LogP contribution is -2.37. The van der Waals surface area contributed by atoms with Gasteiger partial charge in [-0.2, -0.15) is 0 Å². The van der Waals surface area contributed by atoms with Gasteiger partial charge in [0.05, 0.1) is 5.92 Å². The van der Waals surface area contributed by atoms with E-state index < -0.39 is 5.92 Å². The van der Waals surface area contributed by atoms with Crippen molar-refractivity contribution in [3.63, 3.8) is 0 Å². The number of benzene rings is 1. The predicted octanol–water partition coefficient (Wildman–Crippen LogP) is 4.22. The number of allylic oxidation sites excluding steroid dienone is 2. The van der Waals surface area contributed by atoms with Crippen LogP contribution in [0.15, 0.2) is 46.1 Å². The normalized spacial score (nSPS) is 22.1. The minimum Gasteiger partial charge on any atom is -0.447 e. The highest BCUT2D eigenvalue weighted by Crippen LogP contribution is 2.29. The second-order valence-corrected chi connectivity index (χ2v) is 9.25. The van der Waals surface area contributed by atoms with E-state index >= 15 is 0 Å². The van der Waals surface area contributed by atoms with Gasteiger partial charge < -0.3 is 14.7 Å². The van der Waals surface area contributed by atoms with Crippen LogP contribution in [-0.2, 0) is 20.7 Å². The summed E-state index contributed by atoms with van der Waals surface area (Å²) in [7, 11) is 1.75. The Labute approximate surface area is 206 Å². The largest absolute Gasteiger partial charge is 0.447 e. The molecule has 2 atom stereocenters. The fraction of sp³-hybridized carbons (Fsp3) is 0.538. The second kappa shape index (κ2) is 12.8. The highest BCUT2D eigenvalue weighted by molar-refractivity contribution is 6.30. The van der Waals surface area contributed by atoms with E-state index in [0.29, 0.717) is 74.1 Å². The minimum atomic E-state index is -0.473. The summed E-state index contributed by atoms with van der Waals surface area (Å²) in [5.74, 6) is 1.07. The maximum absolute atomic E-state index is 13.3. The lowest BCUT2D eigenvalue weighted by atomic mass is 9.91. The van der Waals surface area contributed by atoms with Gasteiger partial charge in [0.15, 0.2) is 11.7 Å². The van der Waals surface area contributed by atoms with E-state index in [-0.39, 0.29) is 24.2 Å². The number of hydrogen-bond acceptors (Lipinski definition) is 5. The predicted molar refractivity (Wildman–Crippen MR) is 134 cm³/mol. The number of amidine groups is 1. The van der Waals surface area contributed by atoms with Crippen LogP contribution in [0.2, 0.25) is 5.02 Å². The van der Waals surface area contributed by atoms with Crippen LogP contribution in [0, 0.1) is 11.8 Å². The number of ketones is 1. The van der Waals surface area contributed by atoms with Gasteiger partial charge in [0.25, 0.3) is 0 Å². The molecule has 1 aliphatic carbocycles. The van der Waals surface area contributed by atoms with Crippen LogP contribution in [-0.4, -0.2) is 60.2 Å². The van der Waals surface area contributed by atoms with Crippen LogP contribution < -0.4 is 0 Å². The number of rotatable bonds is 8. The lowest BCUT2D eigenvalue weighted by molar-refractivity contribution is -0.132. The lowest BCUT2D eigenvalue weighted by Gasteiger charge is -2.22. The molecule has 34 heavy (non-hydrogen) atoms. The first kappa shape index (κ1) is 26.1. The number of aliphatic hydroxyl groups excluding tert-OH is 1. The second-order valence-electron chi connectivity index (χ2n) is 8.81. The number of aliphatic imine (C=N–C) groups is 2. The van der Waals surface area contributed by atoms with Crippen molar-refractivity contribution in [2.24, 2.45) is 21.8 Å². The number of nitrogens with zero attached hydrogens (tertiary/aromatic N) is 3. The van der Waals surface area contributed by atoms with Gasteiger partial charge >= 0.3 is 0 Å². The summed E-state index contributed by atoms with van der Waals surface area (Å²) in [6.45, 7) is 2.92. The van der Waals surface area contributed by atoms with Gasteiger partial charge in [-0.05, 0) is 56.7 Å². The molecule has 0 saturated heterocycles. The van der Waals surface area contributed by atoms with Crippen LogP contribution in [0.4, 0.5) is 0 Å². The van der Waals surface area contributed by atoms with E-state index in [4.69, 9.17) is 26.4 Å². The molecule has 1 heterocycles. The first-order valence-corrected chi connectivity index (χ1v) is 12.4. The average Bonchev–Trinajstić information content (AvgIpc) is 2.98. The van der Waals surface area contributed by atoms with Crippen molar-refractivity contribution in [3.8, 4) is 0 Å². The summed E-state index contributed by atoms with van der Waals surface area (Å²) in [6.07, 6.45) is 6.03. The Morgan fingerprint density at radius 3 is 2.71 bits per heavy atom. The van der Waals surface area contributed by atoms with Gasteiger partial charge in [0.1, 0.15) is 11.6 Å². The molecule has 1 aromatic carbocycles. The Morgan fingerprint density at radius 2 is 2.03 bits per heavy atom. The minimum absolute atomic E-state index is 0.0331. The first-order valence-electron chi connectivity index (χ1n) is 12.1. The summed E-state index contributed by atoms with van der Waals surface area (Å²) in [5.41, 5.74) is 1.10. The summed E-state index contributed by atoms with van der Waals surface area (Å²) in [4.78, 5) is 36.2. The molecule has 0 fully saturated rings. The molecule has 0 saturated carbocycles. The van der Waals surface area contributed by atoms with E-state index in [0.717, 1.165) is 12.0 Å². The van der Waals surface area contributed by atoms with Crippen LogP contribution in [0.3, 0.4) is 0 Å². The summed E-state index contributed by atoms with van der Waals surface area (Å²) < 4.78 is 6.25. The Morgan fingerprint density at radius 1 is 1.26 bits per heavy atom. The molecule has 0 radical (unpaired) electrons. The van der Waals surface area contributed by atoms with Crippen molar-refractivity contribution in [1.82, 2.24) is 4.90 Å². The van der Waals surface area contributed by atoms with Crippen LogP contribution in [0.25, 0.3) is 0 Å². The molecule has 1 aliphatic heterocycles. The maximum atomic E-state index is 13.3. The molecule has 7 nitrogen and oxygen atoms in total. The molecule has 0 bridgehead atoms. The molecule has 2 unspecified atom stereocenters. The van der Waals surface area contributed by atoms with Crippen LogP contribution in [0.1, 0.15) is 51.0 Å². The molecule has 3 rings (SSSR count). The SMILES string of the molecule is CCN=C1N=C(OC2=CC(=O)CCC2)C(Cc2ccc(Cl)cc2)CCC1C(=O)N(C)CCCO. The van der Waals surface area contributed by atoms with Crippen molar-refractivity contribution in [2.75, 3.05) is 26.7 Å². The van der Waals surface area contributed by atoms with Gasteiger partial charge in [-0.3, -0.25) is 14.6 Å². The van der Waals surface area contributed by atoms with Gasteiger partial charge in [-0.15, -0.1) is 0 Å². The molecule has 184 valence electrons. The summed E-state index contributed by atoms with van der Waals surface area (Å²) in [6, 6.07) is 7.70. The van der Waals surface area contributed by atoms with Crippen molar-refractivity contribution in [1.29, 1.82) is 0 Å². The third-order valence-corrected chi connectivity index (χ3v) is 6.39. The smallest absolute Gasteiger partial charge is 0.233 e. The molecule has 1 N–H and O–H groups in total. The highest BCUT2D eigenvalue weighted by Gasteiger charge is 2.34. The molecule has 0 aromatic heterocycles. The number of halogens is 1. The third kappa shape index (κ3) is 7.24. The van der Waals surface area contributed by atoms with Crippen molar-refractivity contribution < 1.29 is 19.4 Å². The fourth-order valence-corrected chi connectivity index (χ4v) is 4.43. The zero-order chi connectivity index (χ0) is 24.5. The molecular weight excluding hydrogens is 454 g/mol. The van der Waals surface area contributed by atoms with E-state index in [1.807, 2.05) is 31.2 Å². The monoisotopic (exact) mass is 487 g/mol. The van der Waals surface area contributed by atoms with Gasteiger partial charge in [0, 0.05) is 56.6 Å². The number of hydrogen-bond donors (Lipinski definition) is 1. The number of carbonyl (C=O) groups is 2. The number of aliphatic hydroxyl groups is 1. The Hall–Kier alpha value is -2.51. The summed E-state index contributed by atoms with van der Waals surface area (Å²) in [5, 5.41) is 9.83. The number of ether oxygens (including phenoxy) is 1. The zero-order valence-corrected chi connectivity index (χ0v) is 20.8. The maximum Gasteiger partial charge on any atom is 0.233 e. The summed E-state index contributed by atoms with van der Waals surface area (Å²) >= 11 is 6.06. The Balaban J connectivity index is 1.92. The quantitative estimate of drug-likeness (QED) is 0.594.